The largest absolute Gasteiger partial charge is 0.437 e. The zero-order chi connectivity index (χ0) is 12.0. The Morgan fingerprint density at radius 2 is 2.00 bits per heavy atom. The van der Waals surface area contributed by atoms with Crippen molar-refractivity contribution >= 4 is 33.7 Å². The standard InChI is InChI=1S/C13H8ClNO2/c1-7-10(14)6-9-12(16)8-4-2-3-5-11(8)17-13(9)15-7/h2-6H,1H3. The summed E-state index contributed by atoms with van der Waals surface area (Å²) in [5.41, 5.74) is 1.42. The fourth-order valence-electron chi connectivity index (χ4n) is 1.79. The number of hydrogen-bond acceptors (Lipinski definition) is 3. The van der Waals surface area contributed by atoms with Crippen LogP contribution >= 0.6 is 11.6 Å². The fourth-order valence-corrected chi connectivity index (χ4v) is 1.94. The van der Waals surface area contributed by atoms with E-state index in [1.807, 2.05) is 6.07 Å². The van der Waals surface area contributed by atoms with E-state index in [-0.39, 0.29) is 5.43 Å². The minimum atomic E-state index is -0.101. The summed E-state index contributed by atoms with van der Waals surface area (Å²) in [4.78, 5) is 16.4. The molecule has 0 fully saturated rings. The van der Waals surface area contributed by atoms with E-state index in [9.17, 15) is 4.79 Å². The van der Waals surface area contributed by atoms with Crippen LogP contribution in [-0.4, -0.2) is 4.98 Å². The van der Waals surface area contributed by atoms with Crippen LogP contribution < -0.4 is 5.43 Å². The molecular formula is C13H8ClNO2. The van der Waals surface area contributed by atoms with Crippen LogP contribution in [0.3, 0.4) is 0 Å². The van der Waals surface area contributed by atoms with Gasteiger partial charge in [0, 0.05) is 0 Å². The Morgan fingerprint density at radius 1 is 1.24 bits per heavy atom. The van der Waals surface area contributed by atoms with Gasteiger partial charge < -0.3 is 4.42 Å². The molecule has 0 aliphatic carbocycles. The normalized spacial score (nSPS) is 11.2. The van der Waals surface area contributed by atoms with Crippen molar-refractivity contribution in [2.24, 2.45) is 0 Å². The Bertz CT molecular complexity index is 792. The van der Waals surface area contributed by atoms with E-state index in [0.29, 0.717) is 32.8 Å². The predicted octanol–water partition coefficient (Wildman–Crippen LogP) is 3.30. The summed E-state index contributed by atoms with van der Waals surface area (Å²) in [6.07, 6.45) is 0. The van der Waals surface area contributed by atoms with Crippen molar-refractivity contribution in [1.82, 2.24) is 4.98 Å². The number of benzene rings is 1. The molecule has 0 unspecified atom stereocenters. The Kier molecular flexibility index (Phi) is 2.16. The van der Waals surface area contributed by atoms with Crippen molar-refractivity contribution in [1.29, 1.82) is 0 Å². The van der Waals surface area contributed by atoms with Crippen LogP contribution in [-0.2, 0) is 0 Å². The average molecular weight is 246 g/mol. The van der Waals surface area contributed by atoms with Gasteiger partial charge in [0.05, 0.1) is 21.5 Å². The Balaban J connectivity index is 2.60. The van der Waals surface area contributed by atoms with Crippen LogP contribution in [0.5, 0.6) is 0 Å². The highest BCUT2D eigenvalue weighted by molar-refractivity contribution is 6.31. The summed E-state index contributed by atoms with van der Waals surface area (Å²) < 4.78 is 5.59. The van der Waals surface area contributed by atoms with Gasteiger partial charge >= 0.3 is 0 Å². The maximum Gasteiger partial charge on any atom is 0.230 e. The van der Waals surface area contributed by atoms with Crippen LogP contribution in [0.1, 0.15) is 5.69 Å². The third kappa shape index (κ3) is 1.51. The first-order valence-electron chi connectivity index (χ1n) is 5.15. The van der Waals surface area contributed by atoms with E-state index in [2.05, 4.69) is 4.98 Å². The van der Waals surface area contributed by atoms with Crippen molar-refractivity contribution in [3.8, 4) is 0 Å². The van der Waals surface area contributed by atoms with Gasteiger partial charge in [-0.15, -0.1) is 0 Å². The maximum atomic E-state index is 12.2. The first kappa shape index (κ1) is 10.3. The average Bonchev–Trinajstić information content (AvgIpc) is 2.32. The van der Waals surface area contributed by atoms with Crippen LogP contribution in [0.25, 0.3) is 22.1 Å². The summed E-state index contributed by atoms with van der Waals surface area (Å²) in [5, 5.41) is 1.43. The molecule has 0 saturated carbocycles. The van der Waals surface area contributed by atoms with Gasteiger partial charge in [0.25, 0.3) is 0 Å². The van der Waals surface area contributed by atoms with Gasteiger partial charge in [-0.2, -0.15) is 0 Å². The molecule has 2 heterocycles. The van der Waals surface area contributed by atoms with Crippen LogP contribution in [0.15, 0.2) is 39.5 Å². The number of para-hydroxylation sites is 1. The number of aryl methyl sites for hydroxylation is 1. The lowest BCUT2D eigenvalue weighted by atomic mass is 10.2. The Labute approximate surface area is 102 Å². The maximum absolute atomic E-state index is 12.2. The highest BCUT2D eigenvalue weighted by Crippen LogP contribution is 2.21. The number of nitrogens with zero attached hydrogens (tertiary/aromatic N) is 1. The lowest BCUT2D eigenvalue weighted by Gasteiger charge is -2.02. The van der Waals surface area contributed by atoms with Crippen LogP contribution in [0.2, 0.25) is 5.02 Å². The number of halogens is 1. The van der Waals surface area contributed by atoms with E-state index in [1.54, 1.807) is 31.2 Å². The molecule has 4 heteroatoms. The zero-order valence-electron chi connectivity index (χ0n) is 9.03. The van der Waals surface area contributed by atoms with Crippen molar-refractivity contribution in [2.75, 3.05) is 0 Å². The van der Waals surface area contributed by atoms with Gasteiger partial charge in [0.2, 0.25) is 11.1 Å². The summed E-state index contributed by atoms with van der Waals surface area (Å²) in [7, 11) is 0. The summed E-state index contributed by atoms with van der Waals surface area (Å²) in [6, 6.07) is 8.71. The molecule has 0 spiro atoms. The fraction of sp³-hybridized carbons (Fsp3) is 0.0769. The lowest BCUT2D eigenvalue weighted by Crippen LogP contribution is -2.03. The molecule has 0 N–H and O–H groups in total. The molecule has 3 nitrogen and oxygen atoms in total. The topological polar surface area (TPSA) is 43.1 Å². The quantitative estimate of drug-likeness (QED) is 0.571. The van der Waals surface area contributed by atoms with Gasteiger partial charge in [-0.25, -0.2) is 4.98 Å². The van der Waals surface area contributed by atoms with E-state index in [0.717, 1.165) is 0 Å². The van der Waals surface area contributed by atoms with Gasteiger partial charge in [0.15, 0.2) is 0 Å². The molecule has 0 radical (unpaired) electrons. The van der Waals surface area contributed by atoms with Gasteiger partial charge in [-0.1, -0.05) is 23.7 Å². The molecule has 3 aromatic rings. The number of hydrogen-bond donors (Lipinski definition) is 0. The number of fused-ring (bicyclic) bond motifs is 2. The molecule has 0 amide bonds. The van der Waals surface area contributed by atoms with E-state index < -0.39 is 0 Å². The molecule has 0 saturated heterocycles. The minimum absolute atomic E-state index is 0.101. The van der Waals surface area contributed by atoms with Crippen LogP contribution in [0, 0.1) is 6.92 Å². The second-order valence-electron chi connectivity index (χ2n) is 3.84. The van der Waals surface area contributed by atoms with Crippen molar-refractivity contribution < 1.29 is 4.42 Å². The van der Waals surface area contributed by atoms with Gasteiger partial charge in [0.1, 0.15) is 5.58 Å². The third-order valence-corrected chi connectivity index (χ3v) is 3.08. The second kappa shape index (κ2) is 3.57. The number of rotatable bonds is 0. The number of pyridine rings is 1. The molecule has 84 valence electrons. The monoisotopic (exact) mass is 245 g/mol. The Hall–Kier alpha value is -1.87. The lowest BCUT2D eigenvalue weighted by molar-refractivity contribution is 0.643. The Morgan fingerprint density at radius 3 is 2.82 bits per heavy atom. The molecule has 0 aliphatic rings. The second-order valence-corrected chi connectivity index (χ2v) is 4.24. The molecule has 0 atom stereocenters. The molecule has 0 aliphatic heterocycles. The van der Waals surface area contributed by atoms with E-state index >= 15 is 0 Å². The van der Waals surface area contributed by atoms with Gasteiger partial charge in [-0.3, -0.25) is 4.79 Å². The third-order valence-electron chi connectivity index (χ3n) is 2.70. The molecular weight excluding hydrogens is 238 g/mol. The number of aromatic nitrogens is 1. The summed E-state index contributed by atoms with van der Waals surface area (Å²) >= 11 is 5.97. The van der Waals surface area contributed by atoms with Crippen molar-refractivity contribution in [3.63, 3.8) is 0 Å². The predicted molar refractivity (Wildman–Crippen MR) is 67.5 cm³/mol. The SMILES string of the molecule is Cc1nc2oc3ccccc3c(=O)c2cc1Cl. The van der Waals surface area contributed by atoms with Crippen molar-refractivity contribution in [3.05, 3.63) is 51.3 Å². The molecule has 0 bridgehead atoms. The van der Waals surface area contributed by atoms with E-state index in [4.69, 9.17) is 16.0 Å². The van der Waals surface area contributed by atoms with Crippen LogP contribution in [0.4, 0.5) is 0 Å². The molecule has 17 heavy (non-hydrogen) atoms. The first-order valence-corrected chi connectivity index (χ1v) is 5.53. The summed E-state index contributed by atoms with van der Waals surface area (Å²) in [5.74, 6) is 0. The molecule has 3 rings (SSSR count). The molecule has 2 aromatic heterocycles. The first-order chi connectivity index (χ1) is 8.16. The zero-order valence-corrected chi connectivity index (χ0v) is 9.78. The van der Waals surface area contributed by atoms with Crippen molar-refractivity contribution in [2.45, 2.75) is 6.92 Å². The summed E-state index contributed by atoms with van der Waals surface area (Å²) in [6.45, 7) is 1.77. The minimum Gasteiger partial charge on any atom is -0.437 e. The highest BCUT2D eigenvalue weighted by Gasteiger charge is 2.10. The smallest absolute Gasteiger partial charge is 0.230 e. The van der Waals surface area contributed by atoms with Gasteiger partial charge in [-0.05, 0) is 25.1 Å². The molecule has 1 aromatic carbocycles. The highest BCUT2D eigenvalue weighted by atomic mass is 35.5. The van der Waals surface area contributed by atoms with E-state index in [1.165, 1.54) is 0 Å².